The first kappa shape index (κ1) is 21.0. The number of ether oxygens (including phenoxy) is 1. The van der Waals surface area contributed by atoms with Gasteiger partial charge in [0, 0.05) is 18.8 Å². The molecular weight excluding hydrogens is 294 g/mol. The Balaban J connectivity index is 2.12. The highest BCUT2D eigenvalue weighted by atomic mass is 16.5. The minimum absolute atomic E-state index is 0.466. The summed E-state index contributed by atoms with van der Waals surface area (Å²) in [4.78, 5) is 0. The van der Waals surface area contributed by atoms with Gasteiger partial charge in [-0.05, 0) is 57.4 Å². The van der Waals surface area contributed by atoms with Crippen molar-refractivity contribution < 1.29 is 4.74 Å². The van der Waals surface area contributed by atoms with Crippen molar-refractivity contribution in [1.82, 2.24) is 5.32 Å². The minimum atomic E-state index is 0.466. The highest BCUT2D eigenvalue weighted by Crippen LogP contribution is 2.17. The molecule has 0 aromatic rings. The van der Waals surface area contributed by atoms with Gasteiger partial charge in [-0.15, -0.1) is 0 Å². The summed E-state index contributed by atoms with van der Waals surface area (Å²) in [5.41, 5.74) is 3.99. The van der Waals surface area contributed by atoms with Gasteiger partial charge in [0.25, 0.3) is 0 Å². The van der Waals surface area contributed by atoms with Crippen LogP contribution in [0.25, 0.3) is 0 Å². The Hall–Kier alpha value is -1.02. The van der Waals surface area contributed by atoms with E-state index < -0.39 is 0 Å². The number of unbranched alkanes of at least 4 members (excludes halogenated alkanes) is 3. The average molecular weight is 334 g/mol. The Kier molecular flexibility index (Phi) is 11.6. The van der Waals surface area contributed by atoms with Crippen LogP contribution in [0.2, 0.25) is 0 Å². The summed E-state index contributed by atoms with van der Waals surface area (Å²) in [5, 5.41) is 3.43. The molecule has 24 heavy (non-hydrogen) atoms. The van der Waals surface area contributed by atoms with Crippen molar-refractivity contribution in [2.75, 3.05) is 13.2 Å². The van der Waals surface area contributed by atoms with E-state index in [0.29, 0.717) is 6.10 Å². The number of rotatable bonds is 13. The first-order valence-electron chi connectivity index (χ1n) is 10.1. The lowest BCUT2D eigenvalue weighted by Crippen LogP contribution is -2.19. The molecule has 0 saturated heterocycles. The quantitative estimate of drug-likeness (QED) is 0.315. The predicted molar refractivity (Wildman–Crippen MR) is 106 cm³/mol. The largest absolute Gasteiger partial charge is 0.388 e. The van der Waals surface area contributed by atoms with E-state index in [0.717, 1.165) is 32.4 Å². The van der Waals surface area contributed by atoms with Gasteiger partial charge in [-0.25, -0.2) is 0 Å². The van der Waals surface area contributed by atoms with E-state index in [1.165, 1.54) is 61.8 Å². The molecule has 138 valence electrons. The van der Waals surface area contributed by atoms with Crippen molar-refractivity contribution in [3.8, 4) is 0 Å². The van der Waals surface area contributed by atoms with Crippen LogP contribution in [0, 0.1) is 0 Å². The summed E-state index contributed by atoms with van der Waals surface area (Å²) >= 11 is 0. The lowest BCUT2D eigenvalue weighted by molar-refractivity contribution is 0.0411. The van der Waals surface area contributed by atoms with Gasteiger partial charge in [0.2, 0.25) is 0 Å². The molecule has 0 fully saturated rings. The topological polar surface area (TPSA) is 21.3 Å². The molecule has 0 aromatic carbocycles. The van der Waals surface area contributed by atoms with Crippen molar-refractivity contribution in [2.24, 2.45) is 0 Å². The number of hydrogen-bond donors (Lipinski definition) is 1. The second-order valence-corrected chi connectivity index (χ2v) is 7.03. The van der Waals surface area contributed by atoms with Crippen molar-refractivity contribution in [3.63, 3.8) is 0 Å². The standard InChI is InChI=1S/C22H39NO/c1-5-7-8-14-22(6-2)24-18-10-9-12-19(3)15-16-21-13-11-17-23-20(21)4/h15-16,22-23H,3,5-14,17-18H2,1-2,4H3/b16-15-. The Morgan fingerprint density at radius 3 is 2.79 bits per heavy atom. The molecule has 0 aliphatic carbocycles. The molecule has 1 rings (SSSR count). The molecule has 0 aromatic heterocycles. The zero-order valence-corrected chi connectivity index (χ0v) is 16.3. The highest BCUT2D eigenvalue weighted by Gasteiger charge is 2.06. The van der Waals surface area contributed by atoms with Gasteiger partial charge in [0.05, 0.1) is 6.10 Å². The van der Waals surface area contributed by atoms with Gasteiger partial charge in [0.15, 0.2) is 0 Å². The summed E-state index contributed by atoms with van der Waals surface area (Å²) in [6.45, 7) is 12.9. The normalized spacial score (nSPS) is 16.5. The van der Waals surface area contributed by atoms with Crippen molar-refractivity contribution >= 4 is 0 Å². The molecule has 0 saturated carbocycles. The third-order valence-corrected chi connectivity index (χ3v) is 4.85. The lowest BCUT2D eigenvalue weighted by atomic mass is 10.0. The fraction of sp³-hybridized carbons (Fsp3) is 0.727. The number of hydrogen-bond acceptors (Lipinski definition) is 2. The Morgan fingerprint density at radius 1 is 1.25 bits per heavy atom. The predicted octanol–water partition coefficient (Wildman–Crippen LogP) is 6.30. The van der Waals surface area contributed by atoms with E-state index in [1.54, 1.807) is 0 Å². The number of allylic oxidation sites excluding steroid dienone is 5. The summed E-state index contributed by atoms with van der Waals surface area (Å²) in [6.07, 6.45) is 17.0. The van der Waals surface area contributed by atoms with Crippen LogP contribution in [0.1, 0.15) is 85.0 Å². The summed E-state index contributed by atoms with van der Waals surface area (Å²) in [6, 6.07) is 0. The van der Waals surface area contributed by atoms with Crippen molar-refractivity contribution in [1.29, 1.82) is 0 Å². The van der Waals surface area contributed by atoms with Crippen LogP contribution in [-0.2, 0) is 4.74 Å². The molecule has 2 nitrogen and oxygen atoms in total. The van der Waals surface area contributed by atoms with Crippen molar-refractivity contribution in [3.05, 3.63) is 35.6 Å². The molecule has 1 aliphatic rings. The Bertz CT molecular complexity index is 408. The summed E-state index contributed by atoms with van der Waals surface area (Å²) in [7, 11) is 0. The smallest absolute Gasteiger partial charge is 0.0572 e. The summed E-state index contributed by atoms with van der Waals surface area (Å²) in [5.74, 6) is 0. The minimum Gasteiger partial charge on any atom is -0.388 e. The van der Waals surface area contributed by atoms with Crippen LogP contribution < -0.4 is 5.32 Å². The zero-order valence-electron chi connectivity index (χ0n) is 16.3. The van der Waals surface area contributed by atoms with Crippen LogP contribution in [0.5, 0.6) is 0 Å². The maximum Gasteiger partial charge on any atom is 0.0572 e. The maximum absolute atomic E-state index is 6.03. The molecule has 0 spiro atoms. The Labute approximate surface area is 150 Å². The van der Waals surface area contributed by atoms with Gasteiger partial charge >= 0.3 is 0 Å². The maximum atomic E-state index is 6.03. The highest BCUT2D eigenvalue weighted by molar-refractivity contribution is 5.30. The van der Waals surface area contributed by atoms with Crippen LogP contribution in [0.4, 0.5) is 0 Å². The molecule has 1 aliphatic heterocycles. The lowest BCUT2D eigenvalue weighted by Gasteiger charge is -2.17. The monoisotopic (exact) mass is 333 g/mol. The fourth-order valence-electron chi connectivity index (χ4n) is 3.10. The van der Waals surface area contributed by atoms with Crippen molar-refractivity contribution in [2.45, 2.75) is 91.1 Å². The zero-order chi connectivity index (χ0) is 17.6. The van der Waals surface area contributed by atoms with Gasteiger partial charge in [-0.2, -0.15) is 0 Å². The average Bonchev–Trinajstić information content (AvgIpc) is 2.59. The van der Waals surface area contributed by atoms with Crippen LogP contribution in [-0.4, -0.2) is 19.3 Å². The van der Waals surface area contributed by atoms with E-state index >= 15 is 0 Å². The molecule has 1 N–H and O–H groups in total. The van der Waals surface area contributed by atoms with Crippen LogP contribution in [0.15, 0.2) is 35.6 Å². The number of nitrogens with one attached hydrogen (secondary N) is 1. The first-order chi connectivity index (χ1) is 11.7. The van der Waals surface area contributed by atoms with E-state index in [9.17, 15) is 0 Å². The van der Waals surface area contributed by atoms with Gasteiger partial charge in [-0.3, -0.25) is 0 Å². The van der Waals surface area contributed by atoms with E-state index in [-0.39, 0.29) is 0 Å². The van der Waals surface area contributed by atoms with Crippen LogP contribution >= 0.6 is 0 Å². The first-order valence-corrected chi connectivity index (χ1v) is 10.1. The van der Waals surface area contributed by atoms with Gasteiger partial charge in [0.1, 0.15) is 0 Å². The molecule has 1 heterocycles. The fourth-order valence-corrected chi connectivity index (χ4v) is 3.10. The van der Waals surface area contributed by atoms with Gasteiger partial charge in [-0.1, -0.05) is 57.4 Å². The summed E-state index contributed by atoms with van der Waals surface area (Å²) < 4.78 is 6.03. The van der Waals surface area contributed by atoms with Gasteiger partial charge < -0.3 is 10.1 Å². The molecular formula is C22H39NO. The molecule has 0 bridgehead atoms. The second-order valence-electron chi connectivity index (χ2n) is 7.03. The molecule has 0 amide bonds. The van der Waals surface area contributed by atoms with E-state index in [2.05, 4.69) is 44.8 Å². The Morgan fingerprint density at radius 2 is 2.08 bits per heavy atom. The van der Waals surface area contributed by atoms with E-state index in [1.807, 2.05) is 0 Å². The van der Waals surface area contributed by atoms with Crippen LogP contribution in [0.3, 0.4) is 0 Å². The molecule has 2 heteroatoms. The third kappa shape index (κ3) is 9.32. The SMILES string of the molecule is C=C(/C=C\C1=C(C)NCCC1)CCCCOC(CC)CCCCC. The second kappa shape index (κ2) is 13.3. The third-order valence-electron chi connectivity index (χ3n) is 4.85. The molecule has 0 radical (unpaired) electrons. The molecule has 1 atom stereocenters. The molecule has 1 unspecified atom stereocenters. The van der Waals surface area contributed by atoms with E-state index in [4.69, 9.17) is 4.74 Å².